The first kappa shape index (κ1) is 9.64. The number of benzene rings is 1. The summed E-state index contributed by atoms with van der Waals surface area (Å²) in [4.78, 5) is 0. The van der Waals surface area contributed by atoms with Crippen LogP contribution in [0.2, 0.25) is 5.02 Å². The highest BCUT2D eigenvalue weighted by molar-refractivity contribution is 6.30. The van der Waals surface area contributed by atoms with Gasteiger partial charge in [0.05, 0.1) is 18.8 Å². The SMILES string of the molecule is Clc1ccc2c(c1)CC[C@]21COCCN1. The van der Waals surface area contributed by atoms with Gasteiger partial charge >= 0.3 is 0 Å². The van der Waals surface area contributed by atoms with Crippen LogP contribution < -0.4 is 5.32 Å². The molecule has 1 heterocycles. The predicted molar refractivity (Wildman–Crippen MR) is 60.3 cm³/mol. The van der Waals surface area contributed by atoms with Crippen LogP contribution in [0.15, 0.2) is 18.2 Å². The highest BCUT2D eigenvalue weighted by Crippen LogP contribution is 2.39. The van der Waals surface area contributed by atoms with E-state index in [0.717, 1.165) is 37.6 Å². The summed E-state index contributed by atoms with van der Waals surface area (Å²) in [5.74, 6) is 0. The van der Waals surface area contributed by atoms with Crippen LogP contribution >= 0.6 is 11.6 Å². The van der Waals surface area contributed by atoms with Crippen molar-refractivity contribution in [3.05, 3.63) is 34.3 Å². The van der Waals surface area contributed by atoms with Crippen molar-refractivity contribution in [2.75, 3.05) is 19.8 Å². The Morgan fingerprint density at radius 2 is 2.33 bits per heavy atom. The number of hydrogen-bond acceptors (Lipinski definition) is 2. The Labute approximate surface area is 94.6 Å². The molecule has 0 amide bonds. The largest absolute Gasteiger partial charge is 0.378 e. The van der Waals surface area contributed by atoms with E-state index in [1.807, 2.05) is 6.07 Å². The van der Waals surface area contributed by atoms with Crippen LogP contribution in [0.25, 0.3) is 0 Å². The van der Waals surface area contributed by atoms with Crippen molar-refractivity contribution in [3.8, 4) is 0 Å². The Balaban J connectivity index is 2.03. The quantitative estimate of drug-likeness (QED) is 0.728. The van der Waals surface area contributed by atoms with Crippen molar-refractivity contribution in [2.45, 2.75) is 18.4 Å². The Hall–Kier alpha value is -0.570. The second-order valence-corrected chi connectivity index (χ2v) is 4.80. The van der Waals surface area contributed by atoms with Crippen molar-refractivity contribution in [3.63, 3.8) is 0 Å². The molecular weight excluding hydrogens is 210 g/mol. The molecule has 80 valence electrons. The first-order chi connectivity index (χ1) is 7.30. The monoisotopic (exact) mass is 223 g/mol. The van der Waals surface area contributed by atoms with E-state index in [4.69, 9.17) is 16.3 Å². The predicted octanol–water partition coefficient (Wildman–Crippen LogP) is 2.10. The van der Waals surface area contributed by atoms with Crippen LogP contribution in [-0.2, 0) is 16.7 Å². The number of rotatable bonds is 0. The minimum Gasteiger partial charge on any atom is -0.378 e. The van der Waals surface area contributed by atoms with Gasteiger partial charge in [-0.15, -0.1) is 0 Å². The highest BCUT2D eigenvalue weighted by Gasteiger charge is 2.40. The Morgan fingerprint density at radius 1 is 1.40 bits per heavy atom. The van der Waals surface area contributed by atoms with E-state index in [-0.39, 0.29) is 5.54 Å². The van der Waals surface area contributed by atoms with E-state index in [1.54, 1.807) is 0 Å². The zero-order chi connectivity index (χ0) is 10.3. The van der Waals surface area contributed by atoms with Crippen molar-refractivity contribution in [2.24, 2.45) is 0 Å². The molecule has 0 aromatic heterocycles. The van der Waals surface area contributed by atoms with Gasteiger partial charge in [0.1, 0.15) is 0 Å². The van der Waals surface area contributed by atoms with Crippen LogP contribution in [-0.4, -0.2) is 19.8 Å². The summed E-state index contributed by atoms with van der Waals surface area (Å²) < 4.78 is 5.60. The summed E-state index contributed by atoms with van der Waals surface area (Å²) in [5, 5.41) is 4.44. The fourth-order valence-corrected chi connectivity index (χ4v) is 2.91. The molecule has 3 rings (SSSR count). The molecule has 0 unspecified atom stereocenters. The number of ether oxygens (including phenoxy) is 1. The molecule has 1 atom stereocenters. The van der Waals surface area contributed by atoms with Gasteiger partial charge in [0, 0.05) is 11.6 Å². The molecule has 1 aliphatic heterocycles. The number of nitrogens with one attached hydrogen (secondary N) is 1. The number of morpholine rings is 1. The minimum absolute atomic E-state index is 0.0676. The fraction of sp³-hybridized carbons (Fsp3) is 0.500. The topological polar surface area (TPSA) is 21.3 Å². The lowest BCUT2D eigenvalue weighted by molar-refractivity contribution is 0.0260. The molecule has 1 aliphatic carbocycles. The third-order valence-corrected chi connectivity index (χ3v) is 3.70. The Kier molecular flexibility index (Phi) is 2.23. The van der Waals surface area contributed by atoms with Crippen LogP contribution in [0.5, 0.6) is 0 Å². The molecule has 2 aliphatic rings. The lowest BCUT2D eigenvalue weighted by atomic mass is 9.92. The van der Waals surface area contributed by atoms with E-state index in [1.165, 1.54) is 11.1 Å². The summed E-state index contributed by atoms with van der Waals surface area (Å²) >= 11 is 6.00. The maximum atomic E-state index is 6.00. The van der Waals surface area contributed by atoms with Gasteiger partial charge in [-0.2, -0.15) is 0 Å². The molecule has 1 N–H and O–H groups in total. The Bertz CT molecular complexity index is 385. The van der Waals surface area contributed by atoms with E-state index in [9.17, 15) is 0 Å². The normalized spacial score (nSPS) is 29.4. The van der Waals surface area contributed by atoms with Crippen molar-refractivity contribution >= 4 is 11.6 Å². The van der Waals surface area contributed by atoms with Gasteiger partial charge in [-0.05, 0) is 36.1 Å². The molecule has 0 radical (unpaired) electrons. The zero-order valence-electron chi connectivity index (χ0n) is 8.55. The summed E-state index contributed by atoms with van der Waals surface area (Å²) in [6, 6.07) is 6.21. The van der Waals surface area contributed by atoms with Crippen molar-refractivity contribution in [1.29, 1.82) is 0 Å². The second kappa shape index (κ2) is 3.48. The van der Waals surface area contributed by atoms with Crippen LogP contribution in [0, 0.1) is 0 Å². The molecule has 1 aromatic carbocycles. The van der Waals surface area contributed by atoms with Gasteiger partial charge in [0.15, 0.2) is 0 Å². The van der Waals surface area contributed by atoms with E-state index in [0.29, 0.717) is 0 Å². The van der Waals surface area contributed by atoms with Gasteiger partial charge < -0.3 is 10.1 Å². The van der Waals surface area contributed by atoms with Crippen molar-refractivity contribution in [1.82, 2.24) is 5.32 Å². The van der Waals surface area contributed by atoms with Gasteiger partial charge in [-0.3, -0.25) is 0 Å². The maximum absolute atomic E-state index is 6.00. The third kappa shape index (κ3) is 1.48. The molecule has 2 nitrogen and oxygen atoms in total. The minimum atomic E-state index is 0.0676. The maximum Gasteiger partial charge on any atom is 0.0691 e. The van der Waals surface area contributed by atoms with Gasteiger partial charge in [-0.1, -0.05) is 17.7 Å². The average Bonchev–Trinajstić information content (AvgIpc) is 2.58. The summed E-state index contributed by atoms with van der Waals surface area (Å²) in [5.41, 5.74) is 2.82. The van der Waals surface area contributed by atoms with Crippen LogP contribution in [0.4, 0.5) is 0 Å². The molecular formula is C12H14ClNO. The fourth-order valence-electron chi connectivity index (χ4n) is 2.71. The molecule has 0 bridgehead atoms. The summed E-state index contributed by atoms with van der Waals surface area (Å²) in [6.07, 6.45) is 2.23. The zero-order valence-corrected chi connectivity index (χ0v) is 9.31. The summed E-state index contributed by atoms with van der Waals surface area (Å²) in [7, 11) is 0. The number of fused-ring (bicyclic) bond motifs is 2. The van der Waals surface area contributed by atoms with E-state index in [2.05, 4.69) is 17.4 Å². The second-order valence-electron chi connectivity index (χ2n) is 4.36. The van der Waals surface area contributed by atoms with E-state index < -0.39 is 0 Å². The van der Waals surface area contributed by atoms with Gasteiger partial charge in [0.25, 0.3) is 0 Å². The number of aryl methyl sites for hydroxylation is 1. The highest BCUT2D eigenvalue weighted by atomic mass is 35.5. The van der Waals surface area contributed by atoms with E-state index >= 15 is 0 Å². The lowest BCUT2D eigenvalue weighted by Gasteiger charge is -2.35. The van der Waals surface area contributed by atoms with Crippen molar-refractivity contribution < 1.29 is 4.74 Å². The average molecular weight is 224 g/mol. The lowest BCUT2D eigenvalue weighted by Crippen LogP contribution is -2.50. The molecule has 1 fully saturated rings. The standard InChI is InChI=1S/C12H14ClNO/c13-10-1-2-11-9(7-10)3-4-12(11)8-15-6-5-14-12/h1-2,7,14H,3-6,8H2/t12-/m0/s1. The molecule has 1 saturated heterocycles. The van der Waals surface area contributed by atoms with Gasteiger partial charge in [-0.25, -0.2) is 0 Å². The third-order valence-electron chi connectivity index (χ3n) is 3.46. The molecule has 1 aromatic rings. The first-order valence-electron chi connectivity index (χ1n) is 5.42. The Morgan fingerprint density at radius 3 is 3.13 bits per heavy atom. The molecule has 0 saturated carbocycles. The number of halogens is 1. The first-order valence-corrected chi connectivity index (χ1v) is 5.80. The smallest absolute Gasteiger partial charge is 0.0691 e. The molecule has 1 spiro atoms. The summed E-state index contributed by atoms with van der Waals surface area (Å²) in [6.45, 7) is 2.56. The number of hydrogen-bond donors (Lipinski definition) is 1. The van der Waals surface area contributed by atoms with Crippen LogP contribution in [0.3, 0.4) is 0 Å². The molecule has 15 heavy (non-hydrogen) atoms. The van der Waals surface area contributed by atoms with Gasteiger partial charge in [0.2, 0.25) is 0 Å². The molecule has 3 heteroatoms. The van der Waals surface area contributed by atoms with Crippen LogP contribution in [0.1, 0.15) is 17.5 Å².